The van der Waals surface area contributed by atoms with Crippen LogP contribution in [-0.4, -0.2) is 62.1 Å². The number of hydrogen-bond donors (Lipinski definition) is 2. The van der Waals surface area contributed by atoms with Gasteiger partial charge in [-0.25, -0.2) is 4.79 Å². The Morgan fingerprint density at radius 1 is 0.949 bits per heavy atom. The Bertz CT molecular complexity index is 1130. The number of carbonyl (C=O) groups excluding carboxylic acids is 1. The second kappa shape index (κ2) is 13.0. The highest BCUT2D eigenvalue weighted by Crippen LogP contribution is 2.39. The van der Waals surface area contributed by atoms with E-state index in [-0.39, 0.29) is 17.6 Å². The first kappa shape index (κ1) is 29.2. The van der Waals surface area contributed by atoms with Crippen molar-refractivity contribution in [1.29, 1.82) is 0 Å². The van der Waals surface area contributed by atoms with E-state index in [2.05, 4.69) is 69.3 Å². The molecule has 0 aromatic heterocycles. The number of esters is 1. The van der Waals surface area contributed by atoms with E-state index in [0.717, 1.165) is 12.8 Å². The normalized spacial score (nSPS) is 19.7. The molecule has 2 N–H and O–H groups in total. The topological polar surface area (TPSA) is 85.2 Å². The standard InChI is InChI=1S/C32H40O6Si/c1-32(2,3)39(25-16-9-5-10-17-25,26-18-11-6-12-19-26)38-28-20-13-21-36-30(28)22-29(27(34)23-33)37-31(35)24-14-7-4-8-15-24/h4-12,14-19,27-30,33-34H,13,20-23H2,1-3H3/t27-,28+,29+,30+/m0/s1. The summed E-state index contributed by atoms with van der Waals surface area (Å²) in [5.74, 6) is -0.548. The highest BCUT2D eigenvalue weighted by atomic mass is 28.4. The van der Waals surface area contributed by atoms with Gasteiger partial charge in [-0.05, 0) is 40.4 Å². The van der Waals surface area contributed by atoms with Gasteiger partial charge in [-0.3, -0.25) is 0 Å². The summed E-state index contributed by atoms with van der Waals surface area (Å²) >= 11 is 0. The first-order chi connectivity index (χ1) is 18.8. The summed E-state index contributed by atoms with van der Waals surface area (Å²) in [5.41, 5.74) is 0.386. The highest BCUT2D eigenvalue weighted by molar-refractivity contribution is 6.99. The van der Waals surface area contributed by atoms with Gasteiger partial charge in [0.25, 0.3) is 8.32 Å². The second-order valence-corrected chi connectivity index (χ2v) is 15.4. The maximum absolute atomic E-state index is 12.8. The van der Waals surface area contributed by atoms with Gasteiger partial charge in [0, 0.05) is 13.0 Å². The van der Waals surface area contributed by atoms with Gasteiger partial charge in [0.15, 0.2) is 0 Å². The summed E-state index contributed by atoms with van der Waals surface area (Å²) in [4.78, 5) is 12.8. The van der Waals surface area contributed by atoms with Crippen molar-refractivity contribution in [2.45, 2.75) is 69.5 Å². The molecule has 0 radical (unpaired) electrons. The van der Waals surface area contributed by atoms with Gasteiger partial charge in [-0.2, -0.15) is 0 Å². The van der Waals surface area contributed by atoms with Gasteiger partial charge in [-0.1, -0.05) is 99.6 Å². The predicted molar refractivity (Wildman–Crippen MR) is 155 cm³/mol. The number of hydrogen-bond acceptors (Lipinski definition) is 6. The molecule has 6 nitrogen and oxygen atoms in total. The summed E-state index contributed by atoms with van der Waals surface area (Å²) in [5, 5.41) is 22.5. The average Bonchev–Trinajstić information content (AvgIpc) is 2.96. The summed E-state index contributed by atoms with van der Waals surface area (Å²) in [6.07, 6.45) is -1.06. The number of rotatable bonds is 10. The van der Waals surface area contributed by atoms with Crippen molar-refractivity contribution in [3.63, 3.8) is 0 Å². The summed E-state index contributed by atoms with van der Waals surface area (Å²) < 4.78 is 19.3. The molecule has 1 fully saturated rings. The smallest absolute Gasteiger partial charge is 0.338 e. The van der Waals surface area contributed by atoms with Crippen LogP contribution in [0.4, 0.5) is 0 Å². The average molecular weight is 549 g/mol. The number of benzene rings is 3. The maximum Gasteiger partial charge on any atom is 0.338 e. The van der Waals surface area contributed by atoms with E-state index in [0.29, 0.717) is 12.2 Å². The van der Waals surface area contributed by atoms with Crippen molar-refractivity contribution in [2.75, 3.05) is 13.2 Å². The fourth-order valence-electron chi connectivity index (χ4n) is 5.50. The molecule has 208 valence electrons. The van der Waals surface area contributed by atoms with Crippen LogP contribution < -0.4 is 10.4 Å². The molecular weight excluding hydrogens is 508 g/mol. The third kappa shape index (κ3) is 6.68. The van der Waals surface area contributed by atoms with Crippen molar-refractivity contribution >= 4 is 24.7 Å². The molecule has 1 aliphatic heterocycles. The molecule has 1 heterocycles. The Morgan fingerprint density at radius 2 is 1.49 bits per heavy atom. The van der Waals surface area contributed by atoms with E-state index in [4.69, 9.17) is 13.9 Å². The summed E-state index contributed by atoms with van der Waals surface area (Å²) in [6.45, 7) is 6.73. The molecule has 0 aliphatic carbocycles. The molecular formula is C32H40O6Si. The van der Waals surface area contributed by atoms with Gasteiger partial charge >= 0.3 is 5.97 Å². The van der Waals surface area contributed by atoms with Gasteiger partial charge < -0.3 is 24.1 Å². The van der Waals surface area contributed by atoms with Crippen LogP contribution in [0, 0.1) is 0 Å². The van der Waals surface area contributed by atoms with E-state index in [1.807, 2.05) is 18.2 Å². The Morgan fingerprint density at radius 3 is 2.00 bits per heavy atom. The van der Waals surface area contributed by atoms with Crippen LogP contribution in [0.5, 0.6) is 0 Å². The molecule has 3 aromatic carbocycles. The molecule has 4 rings (SSSR count). The molecule has 3 aromatic rings. The van der Waals surface area contributed by atoms with Crippen LogP contribution in [0.3, 0.4) is 0 Å². The van der Waals surface area contributed by atoms with E-state index in [9.17, 15) is 15.0 Å². The van der Waals surface area contributed by atoms with Crippen LogP contribution in [0.2, 0.25) is 5.04 Å². The van der Waals surface area contributed by atoms with Gasteiger partial charge in [0.2, 0.25) is 0 Å². The van der Waals surface area contributed by atoms with Crippen LogP contribution in [0.25, 0.3) is 0 Å². The lowest BCUT2D eigenvalue weighted by Crippen LogP contribution is -2.68. The molecule has 4 atom stereocenters. The van der Waals surface area contributed by atoms with E-state index >= 15 is 0 Å². The molecule has 0 spiro atoms. The first-order valence-electron chi connectivity index (χ1n) is 13.7. The minimum Gasteiger partial charge on any atom is -0.456 e. The Labute approximate surface area is 232 Å². The lowest BCUT2D eigenvalue weighted by Gasteiger charge is -2.47. The first-order valence-corrected chi connectivity index (χ1v) is 15.6. The summed E-state index contributed by atoms with van der Waals surface area (Å²) in [6, 6.07) is 29.5. The minimum absolute atomic E-state index is 0.207. The van der Waals surface area contributed by atoms with E-state index in [1.165, 1.54) is 10.4 Å². The van der Waals surface area contributed by atoms with Crippen LogP contribution in [0.15, 0.2) is 91.0 Å². The van der Waals surface area contributed by atoms with Crippen LogP contribution >= 0.6 is 0 Å². The Balaban J connectivity index is 1.67. The van der Waals surface area contributed by atoms with E-state index < -0.39 is 39.2 Å². The molecule has 1 aliphatic rings. The van der Waals surface area contributed by atoms with E-state index in [1.54, 1.807) is 24.3 Å². The molecule has 0 amide bonds. The zero-order chi connectivity index (χ0) is 27.9. The number of aliphatic hydroxyl groups excluding tert-OH is 2. The molecule has 0 bridgehead atoms. The van der Waals surface area contributed by atoms with Gasteiger partial charge in [0.1, 0.15) is 12.2 Å². The molecule has 0 saturated carbocycles. The second-order valence-electron chi connectivity index (χ2n) is 11.2. The van der Waals surface area contributed by atoms with Gasteiger partial charge in [-0.15, -0.1) is 0 Å². The Kier molecular flexibility index (Phi) is 9.75. The number of carbonyl (C=O) groups is 1. The zero-order valence-corrected chi connectivity index (χ0v) is 24.0. The highest BCUT2D eigenvalue weighted by Gasteiger charge is 2.52. The molecule has 1 saturated heterocycles. The predicted octanol–water partition coefficient (Wildman–Crippen LogP) is 4.08. The van der Waals surface area contributed by atoms with Crippen molar-refractivity contribution in [3.8, 4) is 0 Å². The fraction of sp³-hybridized carbons (Fsp3) is 0.406. The van der Waals surface area contributed by atoms with Gasteiger partial charge in [0.05, 0.1) is 24.4 Å². The number of aliphatic hydroxyl groups is 2. The zero-order valence-electron chi connectivity index (χ0n) is 23.0. The maximum atomic E-state index is 12.8. The van der Waals surface area contributed by atoms with Crippen molar-refractivity contribution in [2.24, 2.45) is 0 Å². The third-order valence-corrected chi connectivity index (χ3v) is 12.5. The van der Waals surface area contributed by atoms with Crippen molar-refractivity contribution < 1.29 is 28.9 Å². The van der Waals surface area contributed by atoms with Crippen LogP contribution in [0.1, 0.15) is 50.4 Å². The molecule has 7 heteroatoms. The van der Waals surface area contributed by atoms with Crippen molar-refractivity contribution in [3.05, 3.63) is 96.6 Å². The lowest BCUT2D eigenvalue weighted by molar-refractivity contribution is -0.107. The quantitative estimate of drug-likeness (QED) is 0.293. The Hall–Kier alpha value is -2.81. The largest absolute Gasteiger partial charge is 0.456 e. The van der Waals surface area contributed by atoms with Crippen LogP contribution in [-0.2, 0) is 13.9 Å². The molecule has 39 heavy (non-hydrogen) atoms. The summed E-state index contributed by atoms with van der Waals surface area (Å²) in [7, 11) is -2.85. The fourth-order valence-corrected chi connectivity index (χ4v) is 10.2. The number of ether oxygens (including phenoxy) is 2. The SMILES string of the molecule is CC(C)(C)[Si](O[C@@H]1CCCO[C@@H]1C[C@@H](OC(=O)c1ccccc1)[C@@H](O)CO)(c1ccccc1)c1ccccc1. The molecule has 0 unspecified atom stereocenters. The lowest BCUT2D eigenvalue weighted by atomic mass is 9.98. The monoisotopic (exact) mass is 548 g/mol. The van der Waals surface area contributed by atoms with Crippen molar-refractivity contribution in [1.82, 2.24) is 0 Å². The third-order valence-electron chi connectivity index (χ3n) is 7.47. The minimum atomic E-state index is -2.85.